The highest BCUT2D eigenvalue weighted by Gasteiger charge is 2.16. The number of fused-ring (bicyclic) bond motifs is 1. The summed E-state index contributed by atoms with van der Waals surface area (Å²) in [5.41, 5.74) is 1.09. The predicted molar refractivity (Wildman–Crippen MR) is 77.6 cm³/mol. The number of rotatable bonds is 5. The maximum atomic E-state index is 5.68. The van der Waals surface area contributed by atoms with Crippen LogP contribution in [0.1, 0.15) is 25.6 Å². The van der Waals surface area contributed by atoms with E-state index in [1.54, 1.807) is 0 Å². The van der Waals surface area contributed by atoms with E-state index in [1.165, 1.54) is 0 Å². The molecule has 1 aromatic carbocycles. The lowest BCUT2D eigenvalue weighted by molar-refractivity contribution is 0.309. The van der Waals surface area contributed by atoms with E-state index in [4.69, 9.17) is 4.74 Å². The predicted octanol–water partition coefficient (Wildman–Crippen LogP) is 2.23. The van der Waals surface area contributed by atoms with Crippen LogP contribution in [0.15, 0.2) is 24.3 Å². The van der Waals surface area contributed by atoms with Crippen molar-refractivity contribution < 1.29 is 4.74 Å². The van der Waals surface area contributed by atoms with Crippen LogP contribution in [0.3, 0.4) is 0 Å². The van der Waals surface area contributed by atoms with Gasteiger partial charge in [0.05, 0.1) is 13.2 Å². The van der Waals surface area contributed by atoms with E-state index in [0.717, 1.165) is 62.0 Å². The van der Waals surface area contributed by atoms with Crippen LogP contribution in [0, 0.1) is 0 Å². The Balaban J connectivity index is 1.76. The summed E-state index contributed by atoms with van der Waals surface area (Å²) in [7, 11) is 0. The van der Waals surface area contributed by atoms with E-state index in [1.807, 2.05) is 12.1 Å². The van der Waals surface area contributed by atoms with Crippen molar-refractivity contribution in [2.45, 2.75) is 32.9 Å². The topological polar surface area (TPSA) is 52.0 Å². The van der Waals surface area contributed by atoms with Crippen LogP contribution < -0.4 is 10.1 Å². The number of hydrogen-bond donors (Lipinski definition) is 1. The Labute approximate surface area is 119 Å². The van der Waals surface area contributed by atoms with Crippen LogP contribution >= 0.6 is 0 Å². The van der Waals surface area contributed by atoms with Gasteiger partial charge >= 0.3 is 0 Å². The van der Waals surface area contributed by atoms with Crippen molar-refractivity contribution in [2.75, 3.05) is 13.2 Å². The molecule has 0 bridgehead atoms. The molecule has 0 saturated heterocycles. The van der Waals surface area contributed by atoms with Crippen molar-refractivity contribution in [3.8, 4) is 17.1 Å². The summed E-state index contributed by atoms with van der Waals surface area (Å²) < 4.78 is 7.86. The lowest BCUT2D eigenvalue weighted by atomic mass is 10.2. The maximum Gasteiger partial charge on any atom is 0.164 e. The van der Waals surface area contributed by atoms with Gasteiger partial charge in [-0.3, -0.25) is 0 Å². The SMILES string of the molecule is CCCCOc1ccc(-c2nnc3n2CCNC3)cc1. The number of benzene rings is 1. The molecule has 1 aromatic heterocycles. The molecule has 106 valence electrons. The summed E-state index contributed by atoms with van der Waals surface area (Å²) in [6.07, 6.45) is 2.24. The molecule has 5 nitrogen and oxygen atoms in total. The Morgan fingerprint density at radius 1 is 1.25 bits per heavy atom. The molecule has 1 N–H and O–H groups in total. The van der Waals surface area contributed by atoms with E-state index in [-0.39, 0.29) is 0 Å². The fourth-order valence-electron chi connectivity index (χ4n) is 2.34. The van der Waals surface area contributed by atoms with Crippen molar-refractivity contribution >= 4 is 0 Å². The molecule has 0 aliphatic carbocycles. The van der Waals surface area contributed by atoms with Gasteiger partial charge in [-0.15, -0.1) is 10.2 Å². The van der Waals surface area contributed by atoms with Gasteiger partial charge in [0, 0.05) is 18.7 Å². The molecular formula is C15H20N4O. The number of ether oxygens (including phenoxy) is 1. The van der Waals surface area contributed by atoms with Crippen LogP contribution in [-0.4, -0.2) is 27.9 Å². The molecule has 2 aromatic rings. The summed E-state index contributed by atoms with van der Waals surface area (Å²) >= 11 is 0. The van der Waals surface area contributed by atoms with E-state index >= 15 is 0 Å². The Morgan fingerprint density at radius 2 is 2.10 bits per heavy atom. The third kappa shape index (κ3) is 2.67. The third-order valence-electron chi connectivity index (χ3n) is 3.50. The smallest absolute Gasteiger partial charge is 0.164 e. The molecule has 3 rings (SSSR count). The summed E-state index contributed by atoms with van der Waals surface area (Å²) in [4.78, 5) is 0. The molecule has 2 heterocycles. The zero-order valence-electron chi connectivity index (χ0n) is 11.8. The van der Waals surface area contributed by atoms with Gasteiger partial charge in [0.25, 0.3) is 0 Å². The van der Waals surface area contributed by atoms with Gasteiger partial charge in [-0.2, -0.15) is 0 Å². The molecule has 0 unspecified atom stereocenters. The van der Waals surface area contributed by atoms with Gasteiger partial charge in [-0.1, -0.05) is 13.3 Å². The van der Waals surface area contributed by atoms with Gasteiger partial charge in [0.1, 0.15) is 11.6 Å². The zero-order chi connectivity index (χ0) is 13.8. The minimum atomic E-state index is 0.780. The Morgan fingerprint density at radius 3 is 2.90 bits per heavy atom. The molecule has 0 atom stereocenters. The van der Waals surface area contributed by atoms with Gasteiger partial charge in [-0.05, 0) is 30.7 Å². The molecule has 5 heteroatoms. The second-order valence-electron chi connectivity index (χ2n) is 4.99. The highest BCUT2D eigenvalue weighted by Crippen LogP contribution is 2.22. The Kier molecular flexibility index (Phi) is 3.97. The second kappa shape index (κ2) is 6.05. The summed E-state index contributed by atoms with van der Waals surface area (Å²) in [6, 6.07) is 8.13. The standard InChI is InChI=1S/C15H20N4O/c1-2-3-10-20-13-6-4-12(5-7-13)15-18-17-14-11-16-8-9-19(14)15/h4-7,16H,2-3,8-11H2,1H3. The molecule has 0 saturated carbocycles. The minimum absolute atomic E-state index is 0.780. The average molecular weight is 272 g/mol. The first kappa shape index (κ1) is 13.1. The van der Waals surface area contributed by atoms with Crippen LogP contribution in [0.2, 0.25) is 0 Å². The van der Waals surface area contributed by atoms with Gasteiger partial charge in [0.2, 0.25) is 0 Å². The normalized spacial score (nSPS) is 14.1. The summed E-state index contributed by atoms with van der Waals surface area (Å²) in [5.74, 6) is 2.87. The first-order valence-electron chi connectivity index (χ1n) is 7.24. The minimum Gasteiger partial charge on any atom is -0.494 e. The lowest BCUT2D eigenvalue weighted by Crippen LogP contribution is -2.28. The Hall–Kier alpha value is -1.88. The summed E-state index contributed by atoms with van der Waals surface area (Å²) in [5, 5.41) is 11.8. The molecule has 1 aliphatic rings. The molecule has 20 heavy (non-hydrogen) atoms. The maximum absolute atomic E-state index is 5.68. The van der Waals surface area contributed by atoms with Gasteiger partial charge in [-0.25, -0.2) is 0 Å². The van der Waals surface area contributed by atoms with Crippen LogP contribution in [-0.2, 0) is 13.1 Å². The van der Waals surface area contributed by atoms with Crippen molar-refractivity contribution in [3.63, 3.8) is 0 Å². The molecule has 0 radical (unpaired) electrons. The zero-order valence-corrected chi connectivity index (χ0v) is 11.8. The first-order valence-corrected chi connectivity index (χ1v) is 7.24. The highest BCUT2D eigenvalue weighted by molar-refractivity contribution is 5.56. The van der Waals surface area contributed by atoms with E-state index < -0.39 is 0 Å². The van der Waals surface area contributed by atoms with E-state index in [2.05, 4.69) is 39.1 Å². The highest BCUT2D eigenvalue weighted by atomic mass is 16.5. The van der Waals surface area contributed by atoms with Crippen molar-refractivity contribution in [2.24, 2.45) is 0 Å². The van der Waals surface area contributed by atoms with Crippen molar-refractivity contribution in [3.05, 3.63) is 30.1 Å². The van der Waals surface area contributed by atoms with Crippen LogP contribution in [0.4, 0.5) is 0 Å². The molecule has 1 aliphatic heterocycles. The quantitative estimate of drug-likeness (QED) is 0.848. The fourth-order valence-corrected chi connectivity index (χ4v) is 2.34. The number of nitrogens with one attached hydrogen (secondary N) is 1. The largest absolute Gasteiger partial charge is 0.494 e. The van der Waals surface area contributed by atoms with Crippen molar-refractivity contribution in [1.82, 2.24) is 20.1 Å². The number of hydrogen-bond acceptors (Lipinski definition) is 4. The number of unbranched alkanes of at least 4 members (excludes halogenated alkanes) is 1. The molecule has 0 spiro atoms. The van der Waals surface area contributed by atoms with Gasteiger partial charge < -0.3 is 14.6 Å². The number of aromatic nitrogens is 3. The average Bonchev–Trinajstić information content (AvgIpc) is 2.92. The van der Waals surface area contributed by atoms with E-state index in [0.29, 0.717) is 0 Å². The number of nitrogens with zero attached hydrogens (tertiary/aromatic N) is 3. The van der Waals surface area contributed by atoms with Gasteiger partial charge in [0.15, 0.2) is 5.82 Å². The lowest BCUT2D eigenvalue weighted by Gasteiger charge is -2.16. The molecule has 0 fully saturated rings. The van der Waals surface area contributed by atoms with Crippen molar-refractivity contribution in [1.29, 1.82) is 0 Å². The molecular weight excluding hydrogens is 252 g/mol. The molecule has 0 amide bonds. The monoisotopic (exact) mass is 272 g/mol. The fraction of sp³-hybridized carbons (Fsp3) is 0.467. The second-order valence-corrected chi connectivity index (χ2v) is 4.99. The van der Waals surface area contributed by atoms with E-state index in [9.17, 15) is 0 Å². The van der Waals surface area contributed by atoms with Crippen LogP contribution in [0.5, 0.6) is 5.75 Å². The first-order chi connectivity index (χ1) is 9.88. The van der Waals surface area contributed by atoms with Crippen LogP contribution in [0.25, 0.3) is 11.4 Å². The third-order valence-corrected chi connectivity index (χ3v) is 3.50. The summed E-state index contributed by atoms with van der Waals surface area (Å²) in [6.45, 7) is 5.63. The Bertz CT molecular complexity index is 562.